The summed E-state index contributed by atoms with van der Waals surface area (Å²) in [5, 5.41) is 7.87. The van der Waals surface area contributed by atoms with E-state index in [4.69, 9.17) is 5.26 Å². The van der Waals surface area contributed by atoms with Crippen LogP contribution in [0.15, 0.2) is 0 Å². The third-order valence-electron chi connectivity index (χ3n) is 0.199. The minimum atomic E-state index is -0.0885. The quantitative estimate of drug-likeness (QED) is 0.350. The van der Waals surface area contributed by atoms with Gasteiger partial charge in [-0.1, -0.05) is 0 Å². The summed E-state index contributed by atoms with van der Waals surface area (Å²) in [5.41, 5.74) is 0. The summed E-state index contributed by atoms with van der Waals surface area (Å²) < 4.78 is 0. The molecule has 0 aliphatic rings. The number of hydrogen-bond donors (Lipinski definition) is 0. The Bertz CT molecular complexity index is 112. The first-order valence-electron chi connectivity index (χ1n) is 1.38. The predicted molar refractivity (Wildman–Crippen MR) is 24.8 cm³/mol. The summed E-state index contributed by atoms with van der Waals surface area (Å²) in [6, 6.07) is 0. The van der Waals surface area contributed by atoms with E-state index < -0.39 is 0 Å². The molecule has 0 N–H and O–H groups in total. The molecule has 0 rings (SSSR count). The van der Waals surface area contributed by atoms with Gasteiger partial charge < -0.3 is 0 Å². The van der Waals surface area contributed by atoms with Gasteiger partial charge in [0.05, 0.1) is 0 Å². The Morgan fingerprint density at radius 1 is 1.67 bits per heavy atom. The van der Waals surface area contributed by atoms with Crippen LogP contribution in [0.25, 0.3) is 0 Å². The second-order valence-corrected chi connectivity index (χ2v) is 1.79. The summed E-state index contributed by atoms with van der Waals surface area (Å²) >= 11 is -0.0885. The average molecular weight is 144 g/mol. The van der Waals surface area contributed by atoms with Crippen molar-refractivity contribution < 1.29 is 0 Å². The van der Waals surface area contributed by atoms with E-state index in [1.54, 1.807) is 6.92 Å². The van der Waals surface area contributed by atoms with Crippen LogP contribution in [0, 0.1) is 21.0 Å². The summed E-state index contributed by atoms with van der Waals surface area (Å²) in [4.78, 5) is 4.61. The Balaban J connectivity index is 3.07. The summed E-state index contributed by atoms with van der Waals surface area (Å²) in [6.45, 7) is 1.74. The van der Waals surface area contributed by atoms with E-state index in [1.807, 2.05) is 4.97 Å². The SMILES string of the molecule is CC#C[Se]C#N. The molecular weight excluding hydrogens is 141 g/mol. The van der Waals surface area contributed by atoms with Gasteiger partial charge in [-0.05, 0) is 0 Å². The molecule has 0 fully saturated rings. The standard InChI is InChI=1S/C4H3NSe/c1-2-3-6-4-5/h1H3. The van der Waals surface area contributed by atoms with Gasteiger partial charge in [-0.25, -0.2) is 0 Å². The van der Waals surface area contributed by atoms with Crippen LogP contribution in [0.4, 0.5) is 0 Å². The molecule has 0 heterocycles. The van der Waals surface area contributed by atoms with Crippen molar-refractivity contribution in [3.63, 3.8) is 0 Å². The van der Waals surface area contributed by atoms with E-state index in [1.165, 1.54) is 0 Å². The second kappa shape index (κ2) is 4.57. The first kappa shape index (κ1) is 5.57. The van der Waals surface area contributed by atoms with E-state index in [2.05, 4.69) is 10.7 Å². The molecule has 0 aromatic heterocycles. The maximum atomic E-state index is 7.87. The van der Waals surface area contributed by atoms with Crippen molar-refractivity contribution in [1.82, 2.24) is 0 Å². The Labute approximate surface area is 43.5 Å². The third kappa shape index (κ3) is 3.57. The summed E-state index contributed by atoms with van der Waals surface area (Å²) in [7, 11) is 0. The fourth-order valence-corrected chi connectivity index (χ4v) is 0.384. The van der Waals surface area contributed by atoms with Crippen molar-refractivity contribution in [2.75, 3.05) is 0 Å². The molecule has 0 aromatic carbocycles. The molecule has 30 valence electrons. The van der Waals surface area contributed by atoms with Crippen LogP contribution in [0.3, 0.4) is 0 Å². The van der Waals surface area contributed by atoms with Crippen LogP contribution < -0.4 is 0 Å². The molecule has 0 unspecified atom stereocenters. The number of nitrogens with zero attached hydrogens (tertiary/aromatic N) is 1. The molecule has 0 aromatic rings. The first-order valence-corrected chi connectivity index (χ1v) is 3.09. The molecule has 2 heteroatoms. The van der Waals surface area contributed by atoms with Crippen LogP contribution in [-0.4, -0.2) is 15.0 Å². The number of nitriles is 1. The average Bonchev–Trinajstić information content (AvgIpc) is 1.61. The minimum absolute atomic E-state index is 0.0885. The second-order valence-electron chi connectivity index (χ2n) is 0.545. The van der Waals surface area contributed by atoms with Crippen molar-refractivity contribution in [3.8, 4) is 15.7 Å². The van der Waals surface area contributed by atoms with Crippen molar-refractivity contribution in [2.24, 2.45) is 0 Å². The van der Waals surface area contributed by atoms with Crippen LogP contribution >= 0.6 is 0 Å². The fraction of sp³-hybridized carbons (Fsp3) is 0.250. The molecule has 0 bridgehead atoms. The van der Waals surface area contributed by atoms with Crippen LogP contribution in [-0.2, 0) is 0 Å². The van der Waals surface area contributed by atoms with E-state index in [0.29, 0.717) is 0 Å². The Hall–Kier alpha value is -0.431. The van der Waals surface area contributed by atoms with Gasteiger partial charge in [0.2, 0.25) is 0 Å². The van der Waals surface area contributed by atoms with E-state index in [9.17, 15) is 0 Å². The molecule has 0 spiro atoms. The fourth-order valence-electron chi connectivity index (χ4n) is 0.0739. The van der Waals surface area contributed by atoms with Crippen LogP contribution in [0.1, 0.15) is 6.92 Å². The van der Waals surface area contributed by atoms with Gasteiger partial charge in [-0.3, -0.25) is 0 Å². The monoisotopic (exact) mass is 145 g/mol. The Morgan fingerprint density at radius 3 is 2.50 bits per heavy atom. The third-order valence-corrected chi connectivity index (χ3v) is 1.03. The van der Waals surface area contributed by atoms with Gasteiger partial charge in [-0.15, -0.1) is 0 Å². The van der Waals surface area contributed by atoms with Crippen molar-refractivity contribution in [1.29, 1.82) is 5.26 Å². The van der Waals surface area contributed by atoms with Gasteiger partial charge in [0, 0.05) is 0 Å². The Morgan fingerprint density at radius 2 is 2.33 bits per heavy atom. The van der Waals surface area contributed by atoms with Crippen molar-refractivity contribution in [3.05, 3.63) is 0 Å². The van der Waals surface area contributed by atoms with Crippen LogP contribution in [0.5, 0.6) is 0 Å². The zero-order valence-electron chi connectivity index (χ0n) is 3.36. The topological polar surface area (TPSA) is 23.8 Å². The predicted octanol–water partition coefficient (Wildman–Crippen LogP) is 0.152. The number of hydrogen-bond acceptors (Lipinski definition) is 1. The Kier molecular flexibility index (Phi) is 4.24. The molecule has 0 amide bonds. The molecule has 0 saturated heterocycles. The maximum absolute atomic E-state index is 7.87. The van der Waals surface area contributed by atoms with Crippen molar-refractivity contribution in [2.45, 2.75) is 6.92 Å². The summed E-state index contributed by atoms with van der Waals surface area (Å²) in [5.74, 6) is 2.62. The zero-order chi connectivity index (χ0) is 4.83. The molecule has 0 radical (unpaired) electrons. The molecule has 1 nitrogen and oxygen atoms in total. The van der Waals surface area contributed by atoms with E-state index in [-0.39, 0.29) is 15.0 Å². The van der Waals surface area contributed by atoms with Crippen molar-refractivity contribution >= 4 is 15.0 Å². The van der Waals surface area contributed by atoms with E-state index in [0.717, 1.165) is 0 Å². The molecule has 6 heavy (non-hydrogen) atoms. The molecule has 0 aliphatic heterocycles. The van der Waals surface area contributed by atoms with Gasteiger partial charge in [0.25, 0.3) is 0 Å². The van der Waals surface area contributed by atoms with E-state index >= 15 is 0 Å². The summed E-state index contributed by atoms with van der Waals surface area (Å²) in [6.07, 6.45) is 0. The molecular formula is C4H3NSe. The molecule has 0 saturated carbocycles. The molecule has 0 aliphatic carbocycles. The van der Waals surface area contributed by atoms with Gasteiger partial charge in [-0.2, -0.15) is 0 Å². The first-order chi connectivity index (χ1) is 2.91. The molecule has 0 atom stereocenters. The van der Waals surface area contributed by atoms with Gasteiger partial charge in [0.1, 0.15) is 0 Å². The van der Waals surface area contributed by atoms with Gasteiger partial charge >= 0.3 is 42.8 Å². The normalized spacial score (nSPS) is 4.67. The zero-order valence-corrected chi connectivity index (χ0v) is 5.07. The number of rotatable bonds is 0. The van der Waals surface area contributed by atoms with Gasteiger partial charge in [0.15, 0.2) is 0 Å². The van der Waals surface area contributed by atoms with Crippen LogP contribution in [0.2, 0.25) is 0 Å².